The van der Waals surface area contributed by atoms with Gasteiger partial charge >= 0.3 is 0 Å². The topological polar surface area (TPSA) is 35.9 Å². The molecule has 0 aliphatic carbocycles. The van der Waals surface area contributed by atoms with Crippen molar-refractivity contribution in [2.24, 2.45) is 4.99 Å². The third kappa shape index (κ3) is 13.4. The molecule has 0 aliphatic rings. The standard InChI is InChI=1S/C21H28FN.C15H22ClFN2O/c1-8-14(2)9-10-15(3)18(6)23-19(7)17(5)20-11-12-21(22)16(4)13-20;1-15(2,17)13-6-5-12(9-14(13)16)10-19(11-20)8-7-18(3)4/h9-13H,8H2,1-7H3;5-6,9,11H,7-8,10H2,1-4H3/b14-9+,15-10-,19-17+,23-18-;. The van der Waals surface area contributed by atoms with E-state index in [2.05, 4.69) is 32.9 Å². The first kappa shape index (κ1) is 37.9. The van der Waals surface area contributed by atoms with Crippen LogP contribution in [-0.4, -0.2) is 49.1 Å². The molecule has 2 aromatic rings. The van der Waals surface area contributed by atoms with Crippen molar-refractivity contribution in [2.45, 2.75) is 80.9 Å². The maximum atomic E-state index is 13.9. The van der Waals surface area contributed by atoms with E-state index in [1.165, 1.54) is 25.5 Å². The van der Waals surface area contributed by atoms with E-state index in [9.17, 15) is 13.6 Å². The van der Waals surface area contributed by atoms with Gasteiger partial charge < -0.3 is 9.80 Å². The number of aryl methyl sites for hydroxylation is 1. The van der Waals surface area contributed by atoms with Gasteiger partial charge in [-0.15, -0.1) is 0 Å². The maximum Gasteiger partial charge on any atom is 0.210 e. The summed E-state index contributed by atoms with van der Waals surface area (Å²) in [6.45, 7) is 19.0. The number of likely N-dealkylation sites (N-methyl/N-ethyl adjacent to an activating group) is 1. The van der Waals surface area contributed by atoms with Crippen molar-refractivity contribution >= 4 is 29.3 Å². The van der Waals surface area contributed by atoms with Gasteiger partial charge in [0.05, 0.1) is 0 Å². The Morgan fingerprint density at radius 3 is 2.16 bits per heavy atom. The molecule has 1 amide bonds. The highest BCUT2D eigenvalue weighted by atomic mass is 35.5. The normalized spacial score (nSPS) is 13.4. The summed E-state index contributed by atoms with van der Waals surface area (Å²) in [4.78, 5) is 19.4. The van der Waals surface area contributed by atoms with Crippen LogP contribution in [0.25, 0.3) is 5.57 Å². The van der Waals surface area contributed by atoms with Gasteiger partial charge in [0, 0.05) is 41.6 Å². The highest BCUT2D eigenvalue weighted by Gasteiger charge is 2.22. The zero-order chi connectivity index (χ0) is 32.9. The summed E-state index contributed by atoms with van der Waals surface area (Å²) in [5, 5.41) is 0.397. The Morgan fingerprint density at radius 1 is 1.00 bits per heavy atom. The van der Waals surface area contributed by atoms with E-state index >= 15 is 0 Å². The van der Waals surface area contributed by atoms with Gasteiger partial charge in [0.25, 0.3) is 0 Å². The van der Waals surface area contributed by atoms with Crippen molar-refractivity contribution in [3.8, 4) is 0 Å². The molecule has 7 heteroatoms. The van der Waals surface area contributed by atoms with Crippen LogP contribution in [0.15, 0.2) is 70.4 Å². The summed E-state index contributed by atoms with van der Waals surface area (Å²) in [5.41, 5.74) is 7.10. The fraction of sp³-hybridized carbons (Fsp3) is 0.444. The molecule has 0 N–H and O–H groups in total. The molecule has 0 aliphatic heterocycles. The Balaban J connectivity index is 0.000000434. The van der Waals surface area contributed by atoms with Crippen LogP contribution in [0.5, 0.6) is 0 Å². The van der Waals surface area contributed by atoms with Gasteiger partial charge in [-0.1, -0.05) is 54.4 Å². The molecule has 236 valence electrons. The number of hydrogen-bond acceptors (Lipinski definition) is 3. The number of aliphatic imine (C=N–C) groups is 1. The van der Waals surface area contributed by atoms with Gasteiger partial charge in [0.2, 0.25) is 6.41 Å². The second kappa shape index (κ2) is 17.9. The third-order valence-corrected chi connectivity index (χ3v) is 7.57. The minimum absolute atomic E-state index is 0.171. The molecule has 43 heavy (non-hydrogen) atoms. The van der Waals surface area contributed by atoms with Crippen LogP contribution in [0.3, 0.4) is 0 Å². The van der Waals surface area contributed by atoms with Crippen LogP contribution in [-0.2, 0) is 17.0 Å². The SMILES string of the molecule is CC/C(C)=C/C=C(C)\C(C)=N/C(C)=C(\C)c1ccc(F)c(C)c1.CN(C)CCN(C=O)Cc1ccc(C(C)(C)F)c(Cl)c1. The van der Waals surface area contributed by atoms with E-state index in [1.807, 2.05) is 58.0 Å². The highest BCUT2D eigenvalue weighted by molar-refractivity contribution is 6.31. The van der Waals surface area contributed by atoms with Crippen LogP contribution < -0.4 is 0 Å². The van der Waals surface area contributed by atoms with Gasteiger partial charge in [-0.25, -0.2) is 8.78 Å². The lowest BCUT2D eigenvalue weighted by molar-refractivity contribution is -0.118. The molecule has 0 radical (unpaired) electrons. The molecule has 0 saturated carbocycles. The smallest absolute Gasteiger partial charge is 0.210 e. The van der Waals surface area contributed by atoms with Crippen LogP contribution in [0, 0.1) is 12.7 Å². The first-order chi connectivity index (χ1) is 20.0. The Labute approximate surface area is 263 Å². The van der Waals surface area contributed by atoms with Crippen LogP contribution in [0.4, 0.5) is 8.78 Å². The summed E-state index contributed by atoms with van der Waals surface area (Å²) in [5.74, 6) is -0.171. The van der Waals surface area contributed by atoms with Gasteiger partial charge in [-0.2, -0.15) is 0 Å². The van der Waals surface area contributed by atoms with E-state index in [1.54, 1.807) is 24.0 Å². The highest BCUT2D eigenvalue weighted by Crippen LogP contribution is 2.31. The number of benzene rings is 2. The molecule has 0 unspecified atom stereocenters. The first-order valence-electron chi connectivity index (χ1n) is 14.7. The number of allylic oxidation sites excluding steroid dienone is 6. The number of halogens is 3. The van der Waals surface area contributed by atoms with Gasteiger partial charge in [-0.05, 0) is 122 Å². The predicted molar refractivity (Wildman–Crippen MR) is 181 cm³/mol. The quantitative estimate of drug-likeness (QED) is 0.136. The number of alkyl halides is 1. The summed E-state index contributed by atoms with van der Waals surface area (Å²) < 4.78 is 27.3. The number of rotatable bonds is 12. The van der Waals surface area contributed by atoms with Crippen molar-refractivity contribution < 1.29 is 13.6 Å². The van der Waals surface area contributed by atoms with E-state index in [-0.39, 0.29) is 5.82 Å². The van der Waals surface area contributed by atoms with Crippen molar-refractivity contribution in [1.29, 1.82) is 0 Å². The minimum Gasteiger partial charge on any atom is -0.340 e. The third-order valence-electron chi connectivity index (χ3n) is 7.26. The second-order valence-corrected chi connectivity index (χ2v) is 12.2. The fourth-order valence-corrected chi connectivity index (χ4v) is 4.32. The Hall–Kier alpha value is -3.09. The average molecular weight is 614 g/mol. The van der Waals surface area contributed by atoms with Crippen molar-refractivity contribution in [3.63, 3.8) is 0 Å². The molecule has 2 rings (SSSR count). The van der Waals surface area contributed by atoms with Gasteiger partial charge in [0.1, 0.15) is 11.5 Å². The van der Waals surface area contributed by atoms with Crippen molar-refractivity contribution in [3.05, 3.63) is 98.5 Å². The molecule has 0 aromatic heterocycles. The zero-order valence-electron chi connectivity index (χ0n) is 27.9. The van der Waals surface area contributed by atoms with Crippen LogP contribution in [0.2, 0.25) is 5.02 Å². The molecule has 0 atom stereocenters. The maximum absolute atomic E-state index is 13.9. The number of carbonyl (C=O) groups is 1. The lowest BCUT2D eigenvalue weighted by Crippen LogP contribution is -2.30. The largest absolute Gasteiger partial charge is 0.340 e. The van der Waals surface area contributed by atoms with E-state index in [4.69, 9.17) is 16.6 Å². The lowest BCUT2D eigenvalue weighted by Gasteiger charge is -2.21. The Kier molecular flexibility index (Phi) is 15.8. The van der Waals surface area contributed by atoms with E-state index < -0.39 is 5.67 Å². The van der Waals surface area contributed by atoms with E-state index in [0.29, 0.717) is 29.2 Å². The number of carbonyl (C=O) groups excluding carboxylic acids is 1. The van der Waals surface area contributed by atoms with Crippen LogP contribution >= 0.6 is 11.6 Å². The average Bonchev–Trinajstić information content (AvgIpc) is 2.94. The second-order valence-electron chi connectivity index (χ2n) is 11.8. The van der Waals surface area contributed by atoms with Crippen LogP contribution in [0.1, 0.15) is 84.1 Å². The molecule has 0 bridgehead atoms. The fourth-order valence-electron chi connectivity index (χ4n) is 3.89. The Morgan fingerprint density at radius 2 is 1.65 bits per heavy atom. The number of hydrogen-bond donors (Lipinski definition) is 0. The summed E-state index contributed by atoms with van der Waals surface area (Å²) in [6, 6.07) is 10.4. The number of nitrogens with zero attached hydrogens (tertiary/aromatic N) is 3. The monoisotopic (exact) mass is 613 g/mol. The molecule has 0 saturated heterocycles. The minimum atomic E-state index is -1.47. The van der Waals surface area contributed by atoms with Gasteiger partial charge in [-0.3, -0.25) is 9.79 Å². The zero-order valence-corrected chi connectivity index (χ0v) is 28.7. The van der Waals surface area contributed by atoms with E-state index in [0.717, 1.165) is 53.1 Å². The summed E-state index contributed by atoms with van der Waals surface area (Å²) in [6.07, 6.45) is 6.14. The molecule has 0 spiro atoms. The summed E-state index contributed by atoms with van der Waals surface area (Å²) in [7, 11) is 3.91. The molecular formula is C36H50ClF2N3O. The predicted octanol–water partition coefficient (Wildman–Crippen LogP) is 9.71. The molecular weight excluding hydrogens is 564 g/mol. The first-order valence-corrected chi connectivity index (χ1v) is 15.0. The molecule has 0 heterocycles. The molecule has 4 nitrogen and oxygen atoms in total. The van der Waals surface area contributed by atoms with Gasteiger partial charge in [0.15, 0.2) is 0 Å². The number of amides is 1. The lowest BCUT2D eigenvalue weighted by atomic mass is 9.98. The Bertz CT molecular complexity index is 1350. The van der Waals surface area contributed by atoms with Crippen molar-refractivity contribution in [1.82, 2.24) is 9.80 Å². The molecule has 0 fully saturated rings. The van der Waals surface area contributed by atoms with Crippen molar-refractivity contribution in [2.75, 3.05) is 27.2 Å². The summed E-state index contributed by atoms with van der Waals surface area (Å²) >= 11 is 6.11. The molecule has 2 aromatic carbocycles.